The van der Waals surface area contributed by atoms with Gasteiger partial charge in [-0.25, -0.2) is 0 Å². The Labute approximate surface area is 177 Å². The smallest absolute Gasteiger partial charge is 0.253 e. The number of rotatable bonds is 5. The minimum absolute atomic E-state index is 0.0383. The van der Waals surface area contributed by atoms with Gasteiger partial charge in [-0.05, 0) is 62.3 Å². The third-order valence-electron chi connectivity index (χ3n) is 6.12. The summed E-state index contributed by atoms with van der Waals surface area (Å²) in [5.41, 5.74) is 3.75. The van der Waals surface area contributed by atoms with Crippen molar-refractivity contribution in [2.45, 2.75) is 32.3 Å². The van der Waals surface area contributed by atoms with E-state index in [9.17, 15) is 9.59 Å². The first-order valence-electron chi connectivity index (χ1n) is 10.7. The van der Waals surface area contributed by atoms with E-state index < -0.39 is 0 Å². The van der Waals surface area contributed by atoms with Crippen LogP contribution in [-0.2, 0) is 0 Å². The van der Waals surface area contributed by atoms with Crippen LogP contribution < -0.4 is 10.1 Å². The summed E-state index contributed by atoms with van der Waals surface area (Å²) < 4.78 is 6.44. The summed E-state index contributed by atoms with van der Waals surface area (Å²) in [7, 11) is 0. The molecule has 0 saturated carbocycles. The molecule has 0 unspecified atom stereocenters. The predicted octanol–water partition coefficient (Wildman–Crippen LogP) is 3.93. The van der Waals surface area contributed by atoms with Gasteiger partial charge in [0.25, 0.3) is 5.91 Å². The summed E-state index contributed by atoms with van der Waals surface area (Å²) in [4.78, 5) is 26.3. The lowest BCUT2D eigenvalue weighted by atomic mass is 9.82. The zero-order valence-corrected chi connectivity index (χ0v) is 17.6. The first kappa shape index (κ1) is 20.4. The molecule has 2 aliphatic rings. The minimum atomic E-state index is -0.370. The number of piperidine rings is 1. The third-order valence-corrected chi connectivity index (χ3v) is 6.12. The lowest BCUT2D eigenvalue weighted by Gasteiger charge is -2.40. The van der Waals surface area contributed by atoms with Crippen LogP contribution in [0.2, 0.25) is 0 Å². The Kier molecular flexibility index (Phi) is 5.73. The van der Waals surface area contributed by atoms with Crippen molar-refractivity contribution in [2.75, 3.05) is 26.2 Å². The fourth-order valence-corrected chi connectivity index (χ4v) is 4.41. The van der Waals surface area contributed by atoms with E-state index in [0.717, 1.165) is 54.7 Å². The summed E-state index contributed by atoms with van der Waals surface area (Å²) >= 11 is 0. The average Bonchev–Trinajstić information content (AvgIpc) is 2.79. The highest BCUT2D eigenvalue weighted by Crippen LogP contribution is 2.43. The first-order valence-corrected chi connectivity index (χ1v) is 10.7. The number of carbonyl (C=O) groups is 2. The minimum Gasteiger partial charge on any atom is -0.482 e. The van der Waals surface area contributed by atoms with E-state index in [1.165, 1.54) is 0 Å². The van der Waals surface area contributed by atoms with E-state index in [-0.39, 0.29) is 11.5 Å². The normalized spacial score (nSPS) is 16.9. The molecule has 0 bridgehead atoms. The van der Waals surface area contributed by atoms with Crippen molar-refractivity contribution in [3.63, 3.8) is 0 Å². The zero-order chi connectivity index (χ0) is 21.1. The van der Waals surface area contributed by atoms with Crippen LogP contribution in [0.25, 0.3) is 5.57 Å². The molecule has 5 nitrogen and oxygen atoms in total. The van der Waals surface area contributed by atoms with Crippen LogP contribution in [0.15, 0.2) is 48.5 Å². The number of aldehydes is 1. The second kappa shape index (κ2) is 8.44. The summed E-state index contributed by atoms with van der Waals surface area (Å²) in [6.45, 7) is 7.13. The van der Waals surface area contributed by atoms with Crippen molar-refractivity contribution in [1.82, 2.24) is 10.2 Å². The molecule has 1 fully saturated rings. The standard InChI is InChI=1S/C25H28N2O3/c1-3-27(4-2)24(29)19-10-8-18(9-11-19)21-16-25(12-14-26-15-13-25)30-22-7-5-6-20(17-28)23(21)22/h5-11,16-17,26H,3-4,12-15H2,1-2H3. The molecule has 0 aromatic heterocycles. The van der Waals surface area contributed by atoms with Crippen LogP contribution in [0.3, 0.4) is 0 Å². The molecule has 0 aliphatic carbocycles. The van der Waals surface area contributed by atoms with Crippen LogP contribution in [0.4, 0.5) is 0 Å². The van der Waals surface area contributed by atoms with Crippen molar-refractivity contribution in [1.29, 1.82) is 0 Å². The highest BCUT2D eigenvalue weighted by molar-refractivity contribution is 5.97. The second-order valence-corrected chi connectivity index (χ2v) is 7.87. The summed E-state index contributed by atoms with van der Waals surface area (Å²) in [5.74, 6) is 0.790. The lowest BCUT2D eigenvalue weighted by Crippen LogP contribution is -2.46. The predicted molar refractivity (Wildman–Crippen MR) is 118 cm³/mol. The number of benzene rings is 2. The number of carbonyl (C=O) groups excluding carboxylic acids is 2. The van der Waals surface area contributed by atoms with E-state index in [1.54, 1.807) is 0 Å². The second-order valence-electron chi connectivity index (χ2n) is 7.87. The van der Waals surface area contributed by atoms with Crippen molar-refractivity contribution in [2.24, 2.45) is 0 Å². The van der Waals surface area contributed by atoms with Gasteiger partial charge in [0.05, 0.1) is 0 Å². The van der Waals surface area contributed by atoms with Gasteiger partial charge in [0.2, 0.25) is 0 Å². The molecule has 0 atom stereocenters. The van der Waals surface area contributed by atoms with Crippen molar-refractivity contribution in [3.8, 4) is 5.75 Å². The van der Waals surface area contributed by atoms with Gasteiger partial charge in [-0.2, -0.15) is 0 Å². The SMILES string of the molecule is CCN(CC)C(=O)c1ccc(C2=CC3(CCNCC3)Oc3cccc(C=O)c32)cc1. The Morgan fingerprint density at radius 2 is 1.80 bits per heavy atom. The van der Waals surface area contributed by atoms with Gasteiger partial charge < -0.3 is 15.0 Å². The Bertz CT molecular complexity index is 968. The van der Waals surface area contributed by atoms with Crippen LogP contribution in [0.1, 0.15) is 58.5 Å². The number of amides is 1. The number of hydrogen-bond donors (Lipinski definition) is 1. The Morgan fingerprint density at radius 3 is 2.43 bits per heavy atom. The maximum absolute atomic E-state index is 12.7. The third kappa shape index (κ3) is 3.65. The van der Waals surface area contributed by atoms with E-state index in [2.05, 4.69) is 11.4 Å². The molecule has 4 rings (SSSR count). The molecule has 2 aromatic carbocycles. The van der Waals surface area contributed by atoms with Gasteiger partial charge in [-0.3, -0.25) is 9.59 Å². The molecule has 156 valence electrons. The maximum Gasteiger partial charge on any atom is 0.253 e. The largest absolute Gasteiger partial charge is 0.482 e. The van der Waals surface area contributed by atoms with E-state index in [0.29, 0.717) is 24.2 Å². The number of nitrogens with zero attached hydrogens (tertiary/aromatic N) is 1. The van der Waals surface area contributed by atoms with Crippen LogP contribution in [0, 0.1) is 0 Å². The van der Waals surface area contributed by atoms with Crippen molar-refractivity contribution in [3.05, 3.63) is 70.8 Å². The fourth-order valence-electron chi connectivity index (χ4n) is 4.41. The molecular weight excluding hydrogens is 376 g/mol. The van der Waals surface area contributed by atoms with E-state index in [1.807, 2.05) is 61.2 Å². The molecule has 1 saturated heterocycles. The first-order chi connectivity index (χ1) is 14.6. The summed E-state index contributed by atoms with van der Waals surface area (Å²) in [6.07, 6.45) is 4.82. The molecule has 2 heterocycles. The summed E-state index contributed by atoms with van der Waals surface area (Å²) in [6, 6.07) is 13.3. The molecule has 0 radical (unpaired) electrons. The van der Waals surface area contributed by atoms with Gasteiger partial charge in [0, 0.05) is 42.6 Å². The summed E-state index contributed by atoms with van der Waals surface area (Å²) in [5, 5.41) is 3.39. The topological polar surface area (TPSA) is 58.6 Å². The lowest BCUT2D eigenvalue weighted by molar-refractivity contribution is 0.0772. The van der Waals surface area contributed by atoms with Crippen molar-refractivity contribution >= 4 is 17.8 Å². The van der Waals surface area contributed by atoms with Gasteiger partial charge >= 0.3 is 0 Å². The van der Waals surface area contributed by atoms with Crippen LogP contribution >= 0.6 is 0 Å². The zero-order valence-electron chi connectivity index (χ0n) is 17.6. The maximum atomic E-state index is 12.7. The number of ether oxygens (including phenoxy) is 1. The highest BCUT2D eigenvalue weighted by Gasteiger charge is 2.37. The van der Waals surface area contributed by atoms with Gasteiger partial charge in [0.1, 0.15) is 11.4 Å². The van der Waals surface area contributed by atoms with E-state index >= 15 is 0 Å². The highest BCUT2D eigenvalue weighted by atomic mass is 16.5. The van der Waals surface area contributed by atoms with E-state index in [4.69, 9.17) is 4.74 Å². The molecule has 2 aromatic rings. The molecule has 30 heavy (non-hydrogen) atoms. The molecule has 2 aliphatic heterocycles. The monoisotopic (exact) mass is 404 g/mol. The number of fused-ring (bicyclic) bond motifs is 1. The number of hydrogen-bond acceptors (Lipinski definition) is 4. The quantitative estimate of drug-likeness (QED) is 0.768. The van der Waals surface area contributed by atoms with Crippen molar-refractivity contribution < 1.29 is 14.3 Å². The van der Waals surface area contributed by atoms with Crippen LogP contribution in [0.5, 0.6) is 5.75 Å². The molecule has 1 N–H and O–H groups in total. The molecule has 1 amide bonds. The molecular formula is C25H28N2O3. The van der Waals surface area contributed by atoms with Crippen LogP contribution in [-0.4, -0.2) is 48.9 Å². The van der Waals surface area contributed by atoms with Gasteiger partial charge in [-0.1, -0.05) is 24.3 Å². The van der Waals surface area contributed by atoms with Gasteiger partial charge in [0.15, 0.2) is 6.29 Å². The van der Waals surface area contributed by atoms with Gasteiger partial charge in [-0.15, -0.1) is 0 Å². The average molecular weight is 405 g/mol. The fraction of sp³-hybridized carbons (Fsp3) is 0.360. The Balaban J connectivity index is 1.77. The number of nitrogens with one attached hydrogen (secondary N) is 1. The molecule has 1 spiro atoms. The molecule has 5 heteroatoms. The Morgan fingerprint density at radius 1 is 1.10 bits per heavy atom. The Hall–Kier alpha value is -2.92.